The van der Waals surface area contributed by atoms with Crippen LogP contribution in [-0.4, -0.2) is 24.2 Å². The molecule has 18 heavy (non-hydrogen) atoms. The van der Waals surface area contributed by atoms with E-state index in [-0.39, 0.29) is 12.5 Å². The number of nitrogens with one attached hydrogen (secondary N) is 1. The molecule has 4 nitrogen and oxygen atoms in total. The van der Waals surface area contributed by atoms with Crippen molar-refractivity contribution in [2.24, 2.45) is 0 Å². The Morgan fingerprint density at radius 3 is 2.44 bits per heavy atom. The fourth-order valence-electron chi connectivity index (χ4n) is 1.89. The molecule has 0 aliphatic carbocycles. The number of hydrogen-bond acceptors (Lipinski definition) is 3. The van der Waals surface area contributed by atoms with Crippen molar-refractivity contribution in [3.05, 3.63) is 28.8 Å². The summed E-state index contributed by atoms with van der Waals surface area (Å²) >= 11 is 0. The van der Waals surface area contributed by atoms with Crippen molar-refractivity contribution < 1.29 is 14.6 Å². The summed E-state index contributed by atoms with van der Waals surface area (Å²) in [6, 6.07) is 3.79. The van der Waals surface area contributed by atoms with Gasteiger partial charge in [-0.25, -0.2) is 0 Å². The monoisotopic (exact) mass is 251 g/mol. The molecule has 0 atom stereocenters. The van der Waals surface area contributed by atoms with Gasteiger partial charge in [-0.2, -0.15) is 0 Å². The van der Waals surface area contributed by atoms with Crippen molar-refractivity contribution in [2.45, 2.75) is 33.8 Å². The van der Waals surface area contributed by atoms with Gasteiger partial charge in [-0.15, -0.1) is 0 Å². The molecule has 1 aromatic carbocycles. The summed E-state index contributed by atoms with van der Waals surface area (Å²) in [5, 5.41) is 11.8. The number of hydrogen-bond donors (Lipinski definition) is 2. The normalized spacial score (nSPS) is 10.2. The molecule has 0 saturated carbocycles. The SMILES string of the molecule is CCNC(=O)CCOc1c(C)cc(CO)cc1C. The maximum Gasteiger partial charge on any atom is 0.223 e. The predicted octanol–water partition coefficient (Wildman–Crippen LogP) is 1.70. The highest BCUT2D eigenvalue weighted by Gasteiger charge is 2.07. The lowest BCUT2D eigenvalue weighted by molar-refractivity contribution is -0.121. The molecule has 1 rings (SSSR count). The molecule has 0 aromatic heterocycles. The standard InChI is InChI=1S/C14H21NO3/c1-4-15-13(17)5-6-18-14-10(2)7-12(9-16)8-11(14)3/h7-8,16H,4-6,9H2,1-3H3,(H,15,17). The largest absolute Gasteiger partial charge is 0.493 e. The second kappa shape index (κ2) is 7.01. The Balaban J connectivity index is 2.60. The van der Waals surface area contributed by atoms with Gasteiger partial charge in [0, 0.05) is 6.54 Å². The Labute approximate surface area is 108 Å². The van der Waals surface area contributed by atoms with E-state index in [0.717, 1.165) is 22.4 Å². The third-order valence-electron chi connectivity index (χ3n) is 2.65. The van der Waals surface area contributed by atoms with Crippen LogP contribution in [0.2, 0.25) is 0 Å². The smallest absolute Gasteiger partial charge is 0.223 e. The Morgan fingerprint density at radius 2 is 1.94 bits per heavy atom. The lowest BCUT2D eigenvalue weighted by Crippen LogP contribution is -2.24. The Kier molecular flexibility index (Phi) is 5.65. The summed E-state index contributed by atoms with van der Waals surface area (Å²) in [6.07, 6.45) is 0.356. The predicted molar refractivity (Wildman–Crippen MR) is 70.6 cm³/mol. The van der Waals surface area contributed by atoms with Crippen molar-refractivity contribution in [2.75, 3.05) is 13.2 Å². The third-order valence-corrected chi connectivity index (χ3v) is 2.65. The summed E-state index contributed by atoms with van der Waals surface area (Å²) in [4.78, 5) is 11.3. The van der Waals surface area contributed by atoms with Gasteiger partial charge in [-0.1, -0.05) is 12.1 Å². The summed E-state index contributed by atoms with van der Waals surface area (Å²) in [7, 11) is 0. The van der Waals surface area contributed by atoms with Gasteiger partial charge in [-0.05, 0) is 37.5 Å². The minimum Gasteiger partial charge on any atom is -0.493 e. The molecule has 4 heteroatoms. The van der Waals surface area contributed by atoms with Crippen LogP contribution in [0.1, 0.15) is 30.0 Å². The molecule has 0 fully saturated rings. The van der Waals surface area contributed by atoms with Crippen LogP contribution in [0.4, 0.5) is 0 Å². The first-order chi connectivity index (χ1) is 8.58. The molecular formula is C14H21NO3. The number of ether oxygens (including phenoxy) is 1. The third kappa shape index (κ3) is 4.04. The minimum absolute atomic E-state index is 0.000200. The Hall–Kier alpha value is -1.55. The number of aliphatic hydroxyl groups is 1. The van der Waals surface area contributed by atoms with Gasteiger partial charge in [0.1, 0.15) is 5.75 Å². The van der Waals surface area contributed by atoms with E-state index in [2.05, 4.69) is 5.32 Å². The first-order valence-electron chi connectivity index (χ1n) is 6.19. The molecular weight excluding hydrogens is 230 g/mol. The van der Waals surface area contributed by atoms with Crippen LogP contribution >= 0.6 is 0 Å². The van der Waals surface area contributed by atoms with E-state index in [0.29, 0.717) is 19.6 Å². The topological polar surface area (TPSA) is 58.6 Å². The second-order valence-electron chi connectivity index (χ2n) is 4.27. The van der Waals surface area contributed by atoms with Crippen LogP contribution in [-0.2, 0) is 11.4 Å². The van der Waals surface area contributed by atoms with Crippen molar-refractivity contribution in [3.63, 3.8) is 0 Å². The molecule has 0 aliphatic heterocycles. The first-order valence-corrected chi connectivity index (χ1v) is 6.19. The van der Waals surface area contributed by atoms with Gasteiger partial charge >= 0.3 is 0 Å². The first kappa shape index (κ1) is 14.5. The summed E-state index contributed by atoms with van der Waals surface area (Å²) < 4.78 is 5.64. The number of benzene rings is 1. The zero-order valence-corrected chi connectivity index (χ0v) is 11.2. The quantitative estimate of drug-likeness (QED) is 0.809. The fourth-order valence-corrected chi connectivity index (χ4v) is 1.89. The summed E-state index contributed by atoms with van der Waals surface area (Å²) in [6.45, 7) is 6.80. The lowest BCUT2D eigenvalue weighted by Gasteiger charge is -2.13. The second-order valence-corrected chi connectivity index (χ2v) is 4.27. The molecule has 0 unspecified atom stereocenters. The molecule has 0 saturated heterocycles. The summed E-state index contributed by atoms with van der Waals surface area (Å²) in [5.41, 5.74) is 2.84. The molecule has 1 amide bonds. The van der Waals surface area contributed by atoms with E-state index in [1.165, 1.54) is 0 Å². The highest BCUT2D eigenvalue weighted by atomic mass is 16.5. The minimum atomic E-state index is -0.000200. The van der Waals surface area contributed by atoms with Crippen LogP contribution in [0, 0.1) is 13.8 Å². The molecule has 0 heterocycles. The van der Waals surface area contributed by atoms with Crippen LogP contribution in [0.25, 0.3) is 0 Å². The lowest BCUT2D eigenvalue weighted by atomic mass is 10.1. The number of carbonyl (C=O) groups is 1. The average molecular weight is 251 g/mol. The van der Waals surface area contributed by atoms with E-state index < -0.39 is 0 Å². The number of aryl methyl sites for hydroxylation is 2. The maximum absolute atomic E-state index is 11.3. The van der Waals surface area contributed by atoms with Crippen LogP contribution < -0.4 is 10.1 Å². The van der Waals surface area contributed by atoms with Crippen molar-refractivity contribution in [1.82, 2.24) is 5.32 Å². The molecule has 100 valence electrons. The zero-order chi connectivity index (χ0) is 13.5. The van der Waals surface area contributed by atoms with Crippen molar-refractivity contribution in [1.29, 1.82) is 0 Å². The highest BCUT2D eigenvalue weighted by molar-refractivity contribution is 5.75. The molecule has 0 aliphatic rings. The maximum atomic E-state index is 11.3. The number of rotatable bonds is 6. The Morgan fingerprint density at radius 1 is 1.33 bits per heavy atom. The van der Waals surface area contributed by atoms with E-state index in [9.17, 15) is 4.79 Å². The number of amides is 1. The average Bonchev–Trinajstić information content (AvgIpc) is 2.32. The fraction of sp³-hybridized carbons (Fsp3) is 0.500. The highest BCUT2D eigenvalue weighted by Crippen LogP contribution is 2.24. The van der Waals surface area contributed by atoms with Gasteiger partial charge in [-0.3, -0.25) is 4.79 Å². The number of aliphatic hydroxyl groups excluding tert-OH is 1. The van der Waals surface area contributed by atoms with Gasteiger partial charge in [0.05, 0.1) is 19.6 Å². The van der Waals surface area contributed by atoms with Crippen molar-refractivity contribution in [3.8, 4) is 5.75 Å². The van der Waals surface area contributed by atoms with Gasteiger partial charge in [0.2, 0.25) is 5.91 Å². The van der Waals surface area contributed by atoms with Crippen LogP contribution in [0.5, 0.6) is 5.75 Å². The van der Waals surface area contributed by atoms with Crippen LogP contribution in [0.3, 0.4) is 0 Å². The summed E-state index contributed by atoms with van der Waals surface area (Å²) in [5.74, 6) is 0.802. The zero-order valence-electron chi connectivity index (χ0n) is 11.2. The van der Waals surface area contributed by atoms with Crippen molar-refractivity contribution >= 4 is 5.91 Å². The molecule has 0 radical (unpaired) electrons. The van der Waals surface area contributed by atoms with Gasteiger partial charge in [0.25, 0.3) is 0 Å². The van der Waals surface area contributed by atoms with Crippen LogP contribution in [0.15, 0.2) is 12.1 Å². The number of carbonyl (C=O) groups excluding carboxylic acids is 1. The van der Waals surface area contributed by atoms with E-state index in [4.69, 9.17) is 9.84 Å². The molecule has 0 bridgehead atoms. The van der Waals surface area contributed by atoms with E-state index in [1.807, 2.05) is 32.9 Å². The van der Waals surface area contributed by atoms with Gasteiger partial charge < -0.3 is 15.2 Å². The van der Waals surface area contributed by atoms with E-state index >= 15 is 0 Å². The molecule has 2 N–H and O–H groups in total. The molecule has 0 spiro atoms. The Bertz CT molecular complexity index is 392. The van der Waals surface area contributed by atoms with E-state index in [1.54, 1.807) is 0 Å². The van der Waals surface area contributed by atoms with Gasteiger partial charge in [0.15, 0.2) is 0 Å². The molecule has 1 aromatic rings.